The third kappa shape index (κ3) is 4.05. The summed E-state index contributed by atoms with van der Waals surface area (Å²) in [4.78, 5) is 25.8. The van der Waals surface area contributed by atoms with Crippen molar-refractivity contribution in [2.75, 3.05) is 14.1 Å². The molecule has 28 heavy (non-hydrogen) atoms. The standard InChI is InChI=1S/C19H16BrN3O4S/c1-21-16(18(24)22(2)19(21)28)10-13-9-14(20)5-8-17(13)27-11-12-3-6-15(7-4-12)23(25)26/h3-10H,11H2,1-2H3/b16-10+. The summed E-state index contributed by atoms with van der Waals surface area (Å²) in [6, 6.07) is 11.7. The number of rotatable bonds is 5. The lowest BCUT2D eigenvalue weighted by Crippen LogP contribution is -2.26. The lowest BCUT2D eigenvalue weighted by Gasteiger charge is -2.13. The van der Waals surface area contributed by atoms with Crippen LogP contribution in [0.15, 0.2) is 52.6 Å². The van der Waals surface area contributed by atoms with Gasteiger partial charge in [0.15, 0.2) is 5.11 Å². The van der Waals surface area contributed by atoms with Crippen molar-refractivity contribution in [1.82, 2.24) is 9.80 Å². The lowest BCUT2D eigenvalue weighted by molar-refractivity contribution is -0.384. The van der Waals surface area contributed by atoms with Crippen molar-refractivity contribution in [3.63, 3.8) is 0 Å². The van der Waals surface area contributed by atoms with E-state index in [1.807, 2.05) is 12.1 Å². The first-order chi connectivity index (χ1) is 13.3. The number of carbonyl (C=O) groups excluding carboxylic acids is 1. The van der Waals surface area contributed by atoms with E-state index in [4.69, 9.17) is 17.0 Å². The Morgan fingerprint density at radius 3 is 2.43 bits per heavy atom. The van der Waals surface area contributed by atoms with E-state index in [0.29, 0.717) is 22.1 Å². The number of nitro benzene ring substituents is 1. The number of thiocarbonyl (C=S) groups is 1. The number of carbonyl (C=O) groups is 1. The second-order valence-electron chi connectivity index (χ2n) is 6.13. The van der Waals surface area contributed by atoms with Crippen molar-refractivity contribution >= 4 is 50.9 Å². The number of halogens is 1. The second kappa shape index (κ2) is 8.07. The Morgan fingerprint density at radius 2 is 1.86 bits per heavy atom. The molecule has 0 aromatic heterocycles. The Morgan fingerprint density at radius 1 is 1.18 bits per heavy atom. The van der Waals surface area contributed by atoms with Crippen LogP contribution < -0.4 is 4.74 Å². The van der Waals surface area contributed by atoms with E-state index in [1.165, 1.54) is 17.0 Å². The van der Waals surface area contributed by atoms with E-state index in [1.54, 1.807) is 43.3 Å². The number of nitro groups is 1. The molecule has 2 aromatic carbocycles. The van der Waals surface area contributed by atoms with E-state index < -0.39 is 4.92 Å². The molecule has 1 fully saturated rings. The van der Waals surface area contributed by atoms with Gasteiger partial charge < -0.3 is 9.64 Å². The smallest absolute Gasteiger partial charge is 0.276 e. The average molecular weight is 462 g/mol. The molecular formula is C19H16BrN3O4S. The Bertz CT molecular complexity index is 991. The number of amides is 1. The fourth-order valence-electron chi connectivity index (χ4n) is 2.67. The molecule has 1 saturated heterocycles. The average Bonchev–Trinajstić information content (AvgIpc) is 2.85. The maximum absolute atomic E-state index is 12.4. The number of nitrogens with zero attached hydrogens (tertiary/aromatic N) is 3. The molecule has 1 heterocycles. The number of non-ortho nitro benzene ring substituents is 1. The number of benzene rings is 2. The maximum Gasteiger partial charge on any atom is 0.276 e. The predicted molar refractivity (Wildman–Crippen MR) is 113 cm³/mol. The van der Waals surface area contributed by atoms with Crippen molar-refractivity contribution in [1.29, 1.82) is 0 Å². The van der Waals surface area contributed by atoms with Gasteiger partial charge in [0.05, 0.1) is 4.92 Å². The van der Waals surface area contributed by atoms with E-state index in [2.05, 4.69) is 15.9 Å². The number of hydrogen-bond acceptors (Lipinski definition) is 5. The number of hydrogen-bond donors (Lipinski definition) is 0. The van der Waals surface area contributed by atoms with Crippen LogP contribution in [0, 0.1) is 10.1 Å². The highest BCUT2D eigenvalue weighted by Gasteiger charge is 2.32. The summed E-state index contributed by atoms with van der Waals surface area (Å²) in [5.41, 5.74) is 1.98. The van der Waals surface area contributed by atoms with Crippen molar-refractivity contribution < 1.29 is 14.5 Å². The van der Waals surface area contributed by atoms with Gasteiger partial charge in [-0.05, 0) is 54.2 Å². The highest BCUT2D eigenvalue weighted by molar-refractivity contribution is 9.10. The minimum absolute atomic E-state index is 0.0284. The largest absolute Gasteiger partial charge is 0.488 e. The molecule has 2 aromatic rings. The first kappa shape index (κ1) is 20.0. The molecule has 0 bridgehead atoms. The molecule has 0 radical (unpaired) electrons. The summed E-state index contributed by atoms with van der Waals surface area (Å²) in [6.45, 7) is 0.234. The zero-order valence-corrected chi connectivity index (χ0v) is 17.5. The van der Waals surface area contributed by atoms with Crippen LogP contribution in [0.25, 0.3) is 6.08 Å². The fraction of sp³-hybridized carbons (Fsp3) is 0.158. The molecule has 1 aliphatic rings. The number of ether oxygens (including phenoxy) is 1. The van der Waals surface area contributed by atoms with E-state index in [-0.39, 0.29) is 18.2 Å². The first-order valence-corrected chi connectivity index (χ1v) is 9.41. The predicted octanol–water partition coefficient (Wildman–Crippen LogP) is 3.97. The molecule has 144 valence electrons. The van der Waals surface area contributed by atoms with Crippen LogP contribution in [0.4, 0.5) is 5.69 Å². The molecule has 0 saturated carbocycles. The Hall–Kier alpha value is -2.78. The van der Waals surface area contributed by atoms with Crippen LogP contribution in [-0.2, 0) is 11.4 Å². The first-order valence-electron chi connectivity index (χ1n) is 8.21. The molecule has 0 atom stereocenters. The molecule has 0 aliphatic carbocycles. The highest BCUT2D eigenvalue weighted by atomic mass is 79.9. The number of likely N-dealkylation sites (N-methyl/N-ethyl adjacent to an activating group) is 2. The Labute approximate surface area is 175 Å². The molecular weight excluding hydrogens is 446 g/mol. The molecule has 7 nitrogen and oxygen atoms in total. The van der Waals surface area contributed by atoms with Gasteiger partial charge >= 0.3 is 0 Å². The summed E-state index contributed by atoms with van der Waals surface area (Å²) in [6.07, 6.45) is 1.73. The van der Waals surface area contributed by atoms with Crippen LogP contribution in [0.3, 0.4) is 0 Å². The van der Waals surface area contributed by atoms with Gasteiger partial charge in [0.25, 0.3) is 11.6 Å². The van der Waals surface area contributed by atoms with Crippen LogP contribution in [-0.4, -0.2) is 39.8 Å². The quantitative estimate of drug-likeness (QED) is 0.290. The van der Waals surface area contributed by atoms with Gasteiger partial charge in [-0.2, -0.15) is 0 Å². The van der Waals surface area contributed by atoms with Crippen LogP contribution in [0.1, 0.15) is 11.1 Å². The zero-order valence-electron chi connectivity index (χ0n) is 15.1. The SMILES string of the molecule is CN1C(=O)/C(=C\c2cc(Br)ccc2OCc2ccc([N+](=O)[O-])cc2)N(C)C1=S. The van der Waals surface area contributed by atoms with E-state index in [9.17, 15) is 14.9 Å². The van der Waals surface area contributed by atoms with Crippen LogP contribution in [0.2, 0.25) is 0 Å². The van der Waals surface area contributed by atoms with Gasteiger partial charge in [-0.3, -0.25) is 19.8 Å². The third-order valence-corrected chi connectivity index (χ3v) is 5.31. The summed E-state index contributed by atoms with van der Waals surface area (Å²) in [5, 5.41) is 11.2. The van der Waals surface area contributed by atoms with Crippen molar-refractivity contribution in [3.05, 3.63) is 73.9 Å². The second-order valence-corrected chi connectivity index (χ2v) is 7.41. The zero-order chi connectivity index (χ0) is 20.4. The maximum atomic E-state index is 12.4. The summed E-state index contributed by atoms with van der Waals surface area (Å²) in [7, 11) is 3.37. The van der Waals surface area contributed by atoms with Crippen LogP contribution in [0.5, 0.6) is 5.75 Å². The minimum Gasteiger partial charge on any atom is -0.488 e. The van der Waals surface area contributed by atoms with Gasteiger partial charge in [-0.25, -0.2) is 0 Å². The van der Waals surface area contributed by atoms with Crippen molar-refractivity contribution in [3.8, 4) is 5.75 Å². The Balaban J connectivity index is 1.85. The molecule has 0 N–H and O–H groups in total. The van der Waals surface area contributed by atoms with Gasteiger partial charge in [0, 0.05) is 36.3 Å². The van der Waals surface area contributed by atoms with Crippen LogP contribution >= 0.6 is 28.1 Å². The summed E-state index contributed by atoms with van der Waals surface area (Å²) < 4.78 is 6.74. The molecule has 9 heteroatoms. The van der Waals surface area contributed by atoms with Gasteiger partial charge in [0.1, 0.15) is 18.1 Å². The topological polar surface area (TPSA) is 75.9 Å². The third-order valence-electron chi connectivity index (χ3n) is 4.26. The lowest BCUT2D eigenvalue weighted by atomic mass is 10.1. The fourth-order valence-corrected chi connectivity index (χ4v) is 3.23. The Kier molecular flexibility index (Phi) is 5.76. The normalized spacial score (nSPS) is 15.5. The van der Waals surface area contributed by atoms with Crippen molar-refractivity contribution in [2.24, 2.45) is 0 Å². The summed E-state index contributed by atoms with van der Waals surface area (Å²) in [5.74, 6) is 0.393. The highest BCUT2D eigenvalue weighted by Crippen LogP contribution is 2.29. The molecule has 3 rings (SSSR count). The van der Waals surface area contributed by atoms with Gasteiger partial charge in [-0.1, -0.05) is 15.9 Å². The van der Waals surface area contributed by atoms with Crippen molar-refractivity contribution in [2.45, 2.75) is 6.61 Å². The summed E-state index contributed by atoms with van der Waals surface area (Å²) >= 11 is 8.67. The molecule has 0 unspecified atom stereocenters. The molecule has 0 spiro atoms. The van der Waals surface area contributed by atoms with Gasteiger partial charge in [-0.15, -0.1) is 0 Å². The molecule has 1 amide bonds. The monoisotopic (exact) mass is 461 g/mol. The molecule has 1 aliphatic heterocycles. The van der Waals surface area contributed by atoms with E-state index >= 15 is 0 Å². The van der Waals surface area contributed by atoms with Gasteiger partial charge in [0.2, 0.25) is 0 Å². The minimum atomic E-state index is -0.444. The van der Waals surface area contributed by atoms with E-state index in [0.717, 1.165) is 10.0 Å².